The lowest BCUT2D eigenvalue weighted by atomic mass is 10.3. The monoisotopic (exact) mass is 218 g/mol. The molecule has 0 unspecified atom stereocenters. The summed E-state index contributed by atoms with van der Waals surface area (Å²) in [7, 11) is 0. The van der Waals surface area contributed by atoms with Gasteiger partial charge in [-0.1, -0.05) is 0 Å². The van der Waals surface area contributed by atoms with Crippen LogP contribution in [0.5, 0.6) is 0 Å². The number of halogens is 1. The molecule has 70 valence electrons. The van der Waals surface area contributed by atoms with Gasteiger partial charge in [0.25, 0.3) is 0 Å². The summed E-state index contributed by atoms with van der Waals surface area (Å²) in [5, 5.41) is 10.4. The largest absolute Gasteiger partial charge is 0.481 e. The SMILES string of the molecule is Cl.O=C(O)Cc1csc2nccn12. The van der Waals surface area contributed by atoms with Gasteiger partial charge in [-0.15, -0.1) is 23.7 Å². The number of hydrogen-bond donors (Lipinski definition) is 1. The van der Waals surface area contributed by atoms with Crippen molar-refractivity contribution in [2.45, 2.75) is 6.42 Å². The van der Waals surface area contributed by atoms with E-state index in [1.807, 2.05) is 5.38 Å². The van der Waals surface area contributed by atoms with Gasteiger partial charge in [0.1, 0.15) is 0 Å². The van der Waals surface area contributed by atoms with E-state index in [-0.39, 0.29) is 18.8 Å². The molecule has 1 N–H and O–H groups in total. The van der Waals surface area contributed by atoms with Crippen LogP contribution in [0.15, 0.2) is 17.8 Å². The highest BCUT2D eigenvalue weighted by Gasteiger charge is 2.06. The summed E-state index contributed by atoms with van der Waals surface area (Å²) in [6, 6.07) is 0. The molecule has 2 aromatic heterocycles. The third-order valence-electron chi connectivity index (χ3n) is 1.55. The maximum atomic E-state index is 10.4. The second-order valence-electron chi connectivity index (χ2n) is 2.38. The zero-order valence-electron chi connectivity index (χ0n) is 6.51. The molecule has 13 heavy (non-hydrogen) atoms. The van der Waals surface area contributed by atoms with Gasteiger partial charge in [-0.05, 0) is 0 Å². The summed E-state index contributed by atoms with van der Waals surface area (Å²) in [4.78, 5) is 15.3. The molecule has 0 aromatic carbocycles. The Labute approximate surface area is 84.2 Å². The molecule has 2 heterocycles. The lowest BCUT2D eigenvalue weighted by molar-refractivity contribution is -0.136. The van der Waals surface area contributed by atoms with Crippen molar-refractivity contribution in [2.24, 2.45) is 0 Å². The number of aliphatic carboxylic acids is 1. The Kier molecular flexibility index (Phi) is 2.90. The number of carboxylic acid groups (broad SMARTS) is 1. The molecule has 0 spiro atoms. The maximum Gasteiger partial charge on any atom is 0.309 e. The van der Waals surface area contributed by atoms with Gasteiger partial charge in [0.15, 0.2) is 4.96 Å². The van der Waals surface area contributed by atoms with Gasteiger partial charge in [0.2, 0.25) is 0 Å². The van der Waals surface area contributed by atoms with Crippen molar-refractivity contribution in [3.63, 3.8) is 0 Å². The average Bonchev–Trinajstić information content (AvgIpc) is 2.52. The fraction of sp³-hybridized carbons (Fsp3) is 0.143. The number of hydrogen-bond acceptors (Lipinski definition) is 3. The summed E-state index contributed by atoms with van der Waals surface area (Å²) in [6.45, 7) is 0. The molecule has 2 rings (SSSR count). The highest BCUT2D eigenvalue weighted by Crippen LogP contribution is 2.14. The highest BCUT2D eigenvalue weighted by molar-refractivity contribution is 7.15. The Morgan fingerprint density at radius 3 is 3.15 bits per heavy atom. The molecule has 2 aromatic rings. The van der Waals surface area contributed by atoms with E-state index < -0.39 is 5.97 Å². The molecule has 0 aliphatic rings. The van der Waals surface area contributed by atoms with Crippen molar-refractivity contribution in [2.75, 3.05) is 0 Å². The van der Waals surface area contributed by atoms with Crippen molar-refractivity contribution in [1.82, 2.24) is 9.38 Å². The molecular weight excluding hydrogens is 212 g/mol. The summed E-state index contributed by atoms with van der Waals surface area (Å²) in [6.07, 6.45) is 3.48. The van der Waals surface area contributed by atoms with E-state index in [2.05, 4.69) is 4.98 Å². The minimum Gasteiger partial charge on any atom is -0.481 e. The van der Waals surface area contributed by atoms with Crippen molar-refractivity contribution < 1.29 is 9.90 Å². The summed E-state index contributed by atoms with van der Waals surface area (Å²) >= 11 is 1.45. The van der Waals surface area contributed by atoms with E-state index in [0.717, 1.165) is 10.7 Å². The third kappa shape index (κ3) is 1.81. The first-order chi connectivity index (χ1) is 5.77. The van der Waals surface area contributed by atoms with Crippen molar-refractivity contribution in [3.8, 4) is 0 Å². The highest BCUT2D eigenvalue weighted by atomic mass is 35.5. The van der Waals surface area contributed by atoms with Crippen LogP contribution in [0.25, 0.3) is 4.96 Å². The van der Waals surface area contributed by atoms with E-state index in [0.29, 0.717) is 0 Å². The fourth-order valence-corrected chi connectivity index (χ4v) is 1.91. The molecule has 0 saturated carbocycles. The van der Waals surface area contributed by atoms with E-state index in [1.54, 1.807) is 16.8 Å². The van der Waals surface area contributed by atoms with Gasteiger partial charge in [-0.3, -0.25) is 9.20 Å². The molecule has 0 radical (unpaired) electrons. The lowest BCUT2D eigenvalue weighted by Crippen LogP contribution is -2.01. The van der Waals surface area contributed by atoms with Gasteiger partial charge in [-0.25, -0.2) is 4.98 Å². The molecule has 4 nitrogen and oxygen atoms in total. The first-order valence-electron chi connectivity index (χ1n) is 3.38. The Balaban J connectivity index is 0.000000845. The molecule has 0 aliphatic carbocycles. The Morgan fingerprint density at radius 2 is 2.46 bits per heavy atom. The van der Waals surface area contributed by atoms with E-state index in [4.69, 9.17) is 5.11 Å². The number of carboxylic acids is 1. The summed E-state index contributed by atoms with van der Waals surface area (Å²) in [5.41, 5.74) is 0.778. The van der Waals surface area contributed by atoms with Gasteiger partial charge in [0.05, 0.1) is 6.42 Å². The first-order valence-corrected chi connectivity index (χ1v) is 4.26. The lowest BCUT2D eigenvalue weighted by Gasteiger charge is -1.91. The van der Waals surface area contributed by atoms with Crippen molar-refractivity contribution in [1.29, 1.82) is 0 Å². The van der Waals surface area contributed by atoms with Crippen LogP contribution in [0.2, 0.25) is 0 Å². The van der Waals surface area contributed by atoms with Gasteiger partial charge >= 0.3 is 5.97 Å². The van der Waals surface area contributed by atoms with Crippen LogP contribution < -0.4 is 0 Å². The summed E-state index contributed by atoms with van der Waals surface area (Å²) in [5.74, 6) is -0.816. The molecule has 0 saturated heterocycles. The number of carbonyl (C=O) groups is 1. The normalized spacial score (nSPS) is 9.85. The minimum absolute atomic E-state index is 0. The number of nitrogens with zero attached hydrogens (tertiary/aromatic N) is 2. The topological polar surface area (TPSA) is 54.6 Å². The fourth-order valence-electron chi connectivity index (χ4n) is 1.05. The van der Waals surface area contributed by atoms with Crippen LogP contribution >= 0.6 is 23.7 Å². The van der Waals surface area contributed by atoms with E-state index in [9.17, 15) is 4.79 Å². The second kappa shape index (κ2) is 3.76. The van der Waals surface area contributed by atoms with Crippen molar-refractivity contribution >= 4 is 34.7 Å². The quantitative estimate of drug-likeness (QED) is 0.830. The Morgan fingerprint density at radius 1 is 1.69 bits per heavy atom. The van der Waals surface area contributed by atoms with Crippen LogP contribution in [0.1, 0.15) is 5.69 Å². The number of aromatic nitrogens is 2. The number of fused-ring (bicyclic) bond motifs is 1. The standard InChI is InChI=1S/C7H6N2O2S.ClH/c10-6(11)3-5-4-12-7-8-1-2-9(5)7;/h1-2,4H,3H2,(H,10,11);1H. The van der Waals surface area contributed by atoms with E-state index >= 15 is 0 Å². The molecule has 0 aliphatic heterocycles. The molecule has 0 atom stereocenters. The number of thiazole rings is 1. The molecule has 0 amide bonds. The average molecular weight is 219 g/mol. The van der Waals surface area contributed by atoms with Gasteiger partial charge in [0, 0.05) is 23.5 Å². The number of rotatable bonds is 2. The van der Waals surface area contributed by atoms with Gasteiger partial charge < -0.3 is 5.11 Å². The molecule has 6 heteroatoms. The summed E-state index contributed by atoms with van der Waals surface area (Å²) < 4.78 is 1.79. The number of imidazole rings is 1. The van der Waals surface area contributed by atoms with Crippen LogP contribution in [-0.4, -0.2) is 20.5 Å². The maximum absolute atomic E-state index is 10.4. The van der Waals surface area contributed by atoms with Crippen LogP contribution in [0.4, 0.5) is 0 Å². The third-order valence-corrected chi connectivity index (χ3v) is 2.45. The molecule has 0 fully saturated rings. The second-order valence-corrected chi connectivity index (χ2v) is 3.21. The predicted octanol–water partition coefficient (Wildman–Crippen LogP) is 1.44. The van der Waals surface area contributed by atoms with Crippen molar-refractivity contribution in [3.05, 3.63) is 23.5 Å². The minimum atomic E-state index is -0.816. The van der Waals surface area contributed by atoms with Crippen LogP contribution in [0, 0.1) is 0 Å². The predicted molar refractivity (Wildman–Crippen MR) is 51.7 cm³/mol. The molecular formula is C7H7ClN2O2S. The van der Waals surface area contributed by atoms with Crippen LogP contribution in [-0.2, 0) is 11.2 Å². The first kappa shape index (κ1) is 10.0. The Bertz CT molecular complexity index is 423. The van der Waals surface area contributed by atoms with E-state index in [1.165, 1.54) is 11.3 Å². The Hall–Kier alpha value is -1.07. The molecule has 0 bridgehead atoms. The van der Waals surface area contributed by atoms with Gasteiger partial charge in [-0.2, -0.15) is 0 Å². The zero-order chi connectivity index (χ0) is 8.55. The smallest absolute Gasteiger partial charge is 0.309 e. The van der Waals surface area contributed by atoms with Crippen LogP contribution in [0.3, 0.4) is 0 Å². The zero-order valence-corrected chi connectivity index (χ0v) is 8.14.